The molecule has 108 valence electrons. The lowest BCUT2D eigenvalue weighted by Gasteiger charge is -2.22. The Balaban J connectivity index is 1.48. The molecule has 3 heterocycles. The zero-order valence-electron chi connectivity index (χ0n) is 11.6. The van der Waals surface area contributed by atoms with E-state index in [1.54, 1.807) is 0 Å². The molecule has 1 atom stereocenters. The Morgan fingerprint density at radius 2 is 2.25 bits per heavy atom. The van der Waals surface area contributed by atoms with Crippen LogP contribution in [0.1, 0.15) is 44.3 Å². The van der Waals surface area contributed by atoms with Gasteiger partial charge in [0.25, 0.3) is 0 Å². The summed E-state index contributed by atoms with van der Waals surface area (Å²) in [7, 11) is 0. The van der Waals surface area contributed by atoms with Crippen LogP contribution in [0.2, 0.25) is 0 Å². The van der Waals surface area contributed by atoms with Gasteiger partial charge < -0.3 is 15.5 Å². The van der Waals surface area contributed by atoms with Crippen LogP contribution in [0.4, 0.5) is 5.82 Å². The first-order valence-electron chi connectivity index (χ1n) is 7.39. The molecule has 6 nitrogen and oxygen atoms in total. The van der Waals surface area contributed by atoms with Crippen LogP contribution in [-0.2, 0) is 11.2 Å². The first kappa shape index (κ1) is 13.3. The average molecular weight is 275 g/mol. The van der Waals surface area contributed by atoms with Crippen molar-refractivity contribution in [1.29, 1.82) is 0 Å². The van der Waals surface area contributed by atoms with Gasteiger partial charge in [-0.05, 0) is 32.1 Å². The maximum atomic E-state index is 5.78. The molecule has 3 rings (SSSR count). The fourth-order valence-corrected chi connectivity index (χ4v) is 2.71. The molecular formula is C14H21N5O. The van der Waals surface area contributed by atoms with Crippen molar-refractivity contribution in [2.45, 2.75) is 51.0 Å². The number of nitrogen functional groups attached to an aromatic ring is 1. The number of anilines is 1. The topological polar surface area (TPSA) is 89.7 Å². The van der Waals surface area contributed by atoms with Gasteiger partial charge in [-0.15, -0.1) is 0 Å². The minimum absolute atomic E-state index is 0.462. The van der Waals surface area contributed by atoms with Gasteiger partial charge in [-0.1, -0.05) is 6.42 Å². The molecule has 1 unspecified atom stereocenters. The van der Waals surface area contributed by atoms with Crippen LogP contribution in [0.5, 0.6) is 0 Å². The quantitative estimate of drug-likeness (QED) is 0.817. The lowest BCUT2D eigenvalue weighted by molar-refractivity contribution is 0.00986. The Morgan fingerprint density at radius 3 is 3.05 bits per heavy atom. The summed E-state index contributed by atoms with van der Waals surface area (Å²) >= 11 is 0. The lowest BCUT2D eigenvalue weighted by atomic mass is 10.0. The Morgan fingerprint density at radius 1 is 1.30 bits per heavy atom. The summed E-state index contributed by atoms with van der Waals surface area (Å²) in [6, 6.07) is 0. The van der Waals surface area contributed by atoms with Crippen molar-refractivity contribution in [2.24, 2.45) is 0 Å². The molecule has 2 aromatic rings. The lowest BCUT2D eigenvalue weighted by Crippen LogP contribution is -2.18. The van der Waals surface area contributed by atoms with Gasteiger partial charge in [-0.25, -0.2) is 15.0 Å². The molecule has 0 spiro atoms. The Kier molecular flexibility index (Phi) is 4.11. The van der Waals surface area contributed by atoms with E-state index in [1.807, 2.05) is 0 Å². The third-order valence-corrected chi connectivity index (χ3v) is 3.83. The first-order valence-corrected chi connectivity index (χ1v) is 7.39. The van der Waals surface area contributed by atoms with E-state index in [0.29, 0.717) is 17.6 Å². The van der Waals surface area contributed by atoms with Gasteiger partial charge in [0.15, 0.2) is 11.5 Å². The minimum atomic E-state index is 0.462. The van der Waals surface area contributed by atoms with Crippen molar-refractivity contribution in [2.75, 3.05) is 12.3 Å². The van der Waals surface area contributed by atoms with E-state index in [-0.39, 0.29) is 0 Å². The van der Waals surface area contributed by atoms with Crippen LogP contribution in [0, 0.1) is 0 Å². The number of H-pyrrole nitrogens is 1. The highest BCUT2D eigenvalue weighted by atomic mass is 16.5. The minimum Gasteiger partial charge on any atom is -0.382 e. The summed E-state index contributed by atoms with van der Waals surface area (Å²) in [6.07, 6.45) is 10.0. The summed E-state index contributed by atoms with van der Waals surface area (Å²) < 4.78 is 5.74. The summed E-state index contributed by atoms with van der Waals surface area (Å²) in [5, 5.41) is 0. The standard InChI is InChI=1S/C14H21N5O/c15-13-12-14(17-9-16-13)19-11(18-12)7-2-1-5-10-6-3-4-8-20-10/h9-10H,1-8H2,(H3,15,16,17,18,19). The van der Waals surface area contributed by atoms with Gasteiger partial charge >= 0.3 is 0 Å². The number of nitrogens with zero attached hydrogens (tertiary/aromatic N) is 3. The predicted octanol–water partition coefficient (Wildman–Crippen LogP) is 2.22. The Labute approximate surface area is 118 Å². The average Bonchev–Trinajstić information content (AvgIpc) is 2.89. The number of imidazole rings is 1. The van der Waals surface area contributed by atoms with Gasteiger partial charge in [-0.3, -0.25) is 0 Å². The van der Waals surface area contributed by atoms with Crippen LogP contribution >= 0.6 is 0 Å². The number of unbranched alkanes of at least 4 members (excludes halogenated alkanes) is 1. The summed E-state index contributed by atoms with van der Waals surface area (Å²) in [5.74, 6) is 1.40. The third-order valence-electron chi connectivity index (χ3n) is 3.83. The van der Waals surface area contributed by atoms with Crippen molar-refractivity contribution >= 4 is 17.0 Å². The molecule has 0 radical (unpaired) electrons. The van der Waals surface area contributed by atoms with Crippen molar-refractivity contribution in [3.05, 3.63) is 12.2 Å². The fraction of sp³-hybridized carbons (Fsp3) is 0.643. The van der Waals surface area contributed by atoms with Crippen LogP contribution in [0.3, 0.4) is 0 Å². The van der Waals surface area contributed by atoms with Gasteiger partial charge in [0.2, 0.25) is 0 Å². The monoisotopic (exact) mass is 275 g/mol. The second-order valence-corrected chi connectivity index (χ2v) is 5.38. The van der Waals surface area contributed by atoms with Crippen LogP contribution in [0.25, 0.3) is 11.2 Å². The number of ether oxygens (including phenoxy) is 1. The predicted molar refractivity (Wildman–Crippen MR) is 77.2 cm³/mol. The second-order valence-electron chi connectivity index (χ2n) is 5.38. The molecule has 6 heteroatoms. The third kappa shape index (κ3) is 3.07. The van der Waals surface area contributed by atoms with Crippen LogP contribution in [0.15, 0.2) is 6.33 Å². The first-order chi connectivity index (χ1) is 9.83. The number of aromatic nitrogens is 4. The summed E-state index contributed by atoms with van der Waals surface area (Å²) in [4.78, 5) is 15.7. The van der Waals surface area contributed by atoms with Crippen molar-refractivity contribution in [3.63, 3.8) is 0 Å². The van der Waals surface area contributed by atoms with E-state index in [1.165, 1.54) is 32.0 Å². The Hall–Kier alpha value is -1.69. The van der Waals surface area contributed by atoms with E-state index >= 15 is 0 Å². The number of hydrogen-bond acceptors (Lipinski definition) is 5. The molecule has 3 N–H and O–H groups in total. The van der Waals surface area contributed by atoms with E-state index in [2.05, 4.69) is 19.9 Å². The summed E-state index contributed by atoms with van der Waals surface area (Å²) in [6.45, 7) is 0.937. The van der Waals surface area contributed by atoms with E-state index in [0.717, 1.165) is 37.2 Å². The zero-order valence-corrected chi connectivity index (χ0v) is 11.6. The van der Waals surface area contributed by atoms with E-state index in [4.69, 9.17) is 10.5 Å². The number of fused-ring (bicyclic) bond motifs is 1. The van der Waals surface area contributed by atoms with Gasteiger partial charge in [-0.2, -0.15) is 0 Å². The molecule has 2 aromatic heterocycles. The molecule has 0 aromatic carbocycles. The van der Waals surface area contributed by atoms with Crippen molar-refractivity contribution in [3.8, 4) is 0 Å². The number of hydrogen-bond donors (Lipinski definition) is 2. The molecule has 1 saturated heterocycles. The van der Waals surface area contributed by atoms with Gasteiger partial charge in [0.1, 0.15) is 17.7 Å². The molecule has 1 aliphatic heterocycles. The maximum absolute atomic E-state index is 5.78. The van der Waals surface area contributed by atoms with Gasteiger partial charge in [0.05, 0.1) is 6.10 Å². The van der Waals surface area contributed by atoms with Crippen LogP contribution < -0.4 is 5.73 Å². The number of rotatable bonds is 5. The van der Waals surface area contributed by atoms with Crippen LogP contribution in [-0.4, -0.2) is 32.6 Å². The molecule has 0 saturated carbocycles. The zero-order chi connectivity index (χ0) is 13.8. The number of aromatic amines is 1. The largest absolute Gasteiger partial charge is 0.382 e. The Bertz CT molecular complexity index is 562. The molecule has 1 aliphatic rings. The highest BCUT2D eigenvalue weighted by molar-refractivity contribution is 5.80. The van der Waals surface area contributed by atoms with Gasteiger partial charge in [0, 0.05) is 13.0 Å². The molecule has 1 fully saturated rings. The van der Waals surface area contributed by atoms with E-state index in [9.17, 15) is 0 Å². The highest BCUT2D eigenvalue weighted by Crippen LogP contribution is 2.19. The maximum Gasteiger partial charge on any atom is 0.183 e. The van der Waals surface area contributed by atoms with E-state index < -0.39 is 0 Å². The summed E-state index contributed by atoms with van der Waals surface area (Å²) in [5.41, 5.74) is 7.19. The molecule has 0 bridgehead atoms. The number of nitrogens with two attached hydrogens (primary N) is 1. The molecular weight excluding hydrogens is 254 g/mol. The van der Waals surface area contributed by atoms with Crippen molar-refractivity contribution < 1.29 is 4.74 Å². The van der Waals surface area contributed by atoms with Crippen molar-refractivity contribution in [1.82, 2.24) is 19.9 Å². The number of aryl methyl sites for hydroxylation is 1. The molecule has 20 heavy (non-hydrogen) atoms. The fourth-order valence-electron chi connectivity index (χ4n) is 2.71. The highest BCUT2D eigenvalue weighted by Gasteiger charge is 2.13. The second kappa shape index (κ2) is 6.17. The normalized spacial score (nSPS) is 19.5. The molecule has 0 amide bonds. The SMILES string of the molecule is Nc1ncnc2nc(CCCCC3CCCCO3)[nH]c12. The number of nitrogens with one attached hydrogen (secondary N) is 1. The smallest absolute Gasteiger partial charge is 0.183 e. The molecule has 0 aliphatic carbocycles.